The van der Waals surface area contributed by atoms with E-state index in [1.807, 2.05) is 0 Å². The molecule has 4 nitrogen and oxygen atoms in total. The summed E-state index contributed by atoms with van der Waals surface area (Å²) in [5.41, 5.74) is 9.09. The van der Waals surface area contributed by atoms with Crippen molar-refractivity contribution in [3.8, 4) is 17.2 Å². The zero-order valence-corrected chi connectivity index (χ0v) is 24.5. The third-order valence-corrected chi connectivity index (χ3v) is 10.4. The minimum absolute atomic E-state index is 0.686. The second-order valence-corrected chi connectivity index (χ2v) is 12.5. The maximum atomic E-state index is 5.45. The molecule has 0 aliphatic carbocycles. The van der Waals surface area contributed by atoms with Crippen LogP contribution < -0.4 is 0 Å². The van der Waals surface area contributed by atoms with Crippen LogP contribution in [0, 0.1) is 0 Å². The molecule has 0 atom stereocenters. The van der Waals surface area contributed by atoms with Crippen molar-refractivity contribution >= 4 is 92.3 Å². The lowest BCUT2D eigenvalue weighted by molar-refractivity contribution is 1.01. The summed E-state index contributed by atoms with van der Waals surface area (Å²) in [6.45, 7) is 0. The van der Waals surface area contributed by atoms with Crippen molar-refractivity contribution in [1.29, 1.82) is 0 Å². The summed E-state index contributed by atoms with van der Waals surface area (Å²) < 4.78 is 4.84. The Labute approximate surface area is 261 Å². The summed E-state index contributed by atoms with van der Waals surface area (Å²) in [7, 11) is 0. The van der Waals surface area contributed by atoms with Crippen LogP contribution in [0.5, 0.6) is 0 Å². The van der Waals surface area contributed by atoms with Gasteiger partial charge in [0.1, 0.15) is 0 Å². The number of hydrogen-bond acceptors (Lipinski definition) is 2. The molecule has 0 amide bonds. The molecule has 210 valence electrons. The average molecular weight is 583 g/mol. The largest absolute Gasteiger partial charge is 0.307 e. The van der Waals surface area contributed by atoms with Crippen LogP contribution in [0.2, 0.25) is 0 Å². The van der Waals surface area contributed by atoms with Gasteiger partial charge in [-0.1, -0.05) is 115 Å². The molecule has 0 aliphatic heterocycles. The predicted octanol–water partition coefficient (Wildman–Crippen LogP) is 10.7. The van der Waals surface area contributed by atoms with Crippen molar-refractivity contribution < 1.29 is 0 Å². The topological polar surface area (TPSA) is 35.1 Å². The number of fused-ring (bicyclic) bond motifs is 6. The summed E-state index contributed by atoms with van der Waals surface area (Å²) in [4.78, 5) is 10.8. The molecule has 4 heteroatoms. The molecule has 0 bridgehead atoms. The van der Waals surface area contributed by atoms with Crippen molar-refractivity contribution in [2.45, 2.75) is 0 Å². The Morgan fingerprint density at radius 2 is 1.02 bits per heavy atom. The minimum Gasteiger partial charge on any atom is -0.307 e. The smallest absolute Gasteiger partial charge is 0.235 e. The van der Waals surface area contributed by atoms with E-state index < -0.39 is 0 Å². The number of rotatable bonds is 2. The summed E-state index contributed by atoms with van der Waals surface area (Å²) in [5.74, 6) is 0.686. The Morgan fingerprint density at radius 1 is 0.391 bits per heavy atom. The molecule has 0 unspecified atom stereocenters. The number of aromatic nitrogens is 4. The van der Waals surface area contributed by atoms with Gasteiger partial charge in [-0.15, -0.1) is 0 Å². The fourth-order valence-electron chi connectivity index (χ4n) is 8.59. The molecule has 12 aromatic rings. The van der Waals surface area contributed by atoms with E-state index in [9.17, 15) is 0 Å². The van der Waals surface area contributed by atoms with Gasteiger partial charge in [0.05, 0.1) is 38.8 Å². The monoisotopic (exact) mass is 582 g/mol. The van der Waals surface area contributed by atoms with Crippen LogP contribution in [0.3, 0.4) is 0 Å². The summed E-state index contributed by atoms with van der Waals surface area (Å²) >= 11 is 0. The molecule has 0 N–H and O–H groups in total. The first kappa shape index (κ1) is 23.2. The van der Waals surface area contributed by atoms with E-state index >= 15 is 0 Å². The highest BCUT2D eigenvalue weighted by Gasteiger charge is 2.27. The van der Waals surface area contributed by atoms with Crippen LogP contribution in [0.25, 0.3) is 110 Å². The molecular formula is C42H22N4. The van der Waals surface area contributed by atoms with E-state index in [0.717, 1.165) is 38.6 Å². The quantitative estimate of drug-likeness (QED) is 0.190. The van der Waals surface area contributed by atoms with Gasteiger partial charge in [0, 0.05) is 48.7 Å². The van der Waals surface area contributed by atoms with Gasteiger partial charge in [0.25, 0.3) is 0 Å². The molecular weight excluding hydrogens is 560 g/mol. The van der Waals surface area contributed by atoms with Crippen LogP contribution in [0.15, 0.2) is 133 Å². The van der Waals surface area contributed by atoms with Gasteiger partial charge >= 0.3 is 0 Å². The first-order valence-electron chi connectivity index (χ1n) is 15.8. The lowest BCUT2D eigenvalue weighted by Gasteiger charge is -2.13. The lowest BCUT2D eigenvalue weighted by atomic mass is 10.0. The van der Waals surface area contributed by atoms with Crippen molar-refractivity contribution in [3.63, 3.8) is 0 Å². The molecule has 0 saturated heterocycles. The fourth-order valence-corrected chi connectivity index (χ4v) is 8.59. The van der Waals surface area contributed by atoms with Crippen molar-refractivity contribution in [1.82, 2.24) is 18.9 Å². The molecule has 0 fully saturated rings. The fraction of sp³-hybridized carbons (Fsp3) is 0. The van der Waals surface area contributed by atoms with E-state index in [-0.39, 0.29) is 0 Å². The molecule has 5 heterocycles. The zero-order chi connectivity index (χ0) is 29.7. The molecule has 5 aromatic heterocycles. The summed E-state index contributed by atoms with van der Waals surface area (Å²) in [6.07, 6.45) is 0. The van der Waals surface area contributed by atoms with Gasteiger partial charge in [0.2, 0.25) is 5.95 Å². The minimum atomic E-state index is 0.686. The maximum Gasteiger partial charge on any atom is 0.235 e. The lowest BCUT2D eigenvalue weighted by Crippen LogP contribution is -2.04. The van der Waals surface area contributed by atoms with Crippen LogP contribution in [-0.2, 0) is 0 Å². The predicted molar refractivity (Wildman–Crippen MR) is 191 cm³/mol. The Morgan fingerprint density at radius 3 is 1.83 bits per heavy atom. The zero-order valence-electron chi connectivity index (χ0n) is 24.5. The number of nitrogens with zero attached hydrogens (tertiary/aromatic N) is 4. The average Bonchev–Trinajstić information content (AvgIpc) is 3.73. The maximum absolute atomic E-state index is 5.45. The highest BCUT2D eigenvalue weighted by atomic mass is 15.2. The molecule has 12 rings (SSSR count). The molecule has 0 radical (unpaired) electrons. The standard InChI is InChI=1S/C42H22N4/c1-2-10-24(11-3-1)38-35-25-12-5-4-9-23(25)19-21-32(35)43-42(44-38)45-33-18-8-13-26-27-14-6-15-28-29-16-7-17-30-31-20-22-34(45)37(36(26)33)41(31)46(39(27)28)40(29)30/h1-22H. The number of hydrogen-bond donors (Lipinski definition) is 0. The normalized spacial score (nSPS) is 12.8. The van der Waals surface area contributed by atoms with Gasteiger partial charge in [-0.05, 0) is 34.4 Å². The second kappa shape index (κ2) is 7.87. The Balaban J connectivity index is 1.32. The third-order valence-electron chi connectivity index (χ3n) is 10.4. The highest BCUT2D eigenvalue weighted by Crippen LogP contribution is 2.49. The van der Waals surface area contributed by atoms with E-state index in [4.69, 9.17) is 9.97 Å². The highest BCUT2D eigenvalue weighted by molar-refractivity contribution is 6.37. The van der Waals surface area contributed by atoms with E-state index in [1.54, 1.807) is 0 Å². The van der Waals surface area contributed by atoms with Gasteiger partial charge in [0.15, 0.2) is 0 Å². The van der Waals surface area contributed by atoms with Gasteiger partial charge in [-0.25, -0.2) is 9.97 Å². The van der Waals surface area contributed by atoms with Gasteiger partial charge in [-0.3, -0.25) is 4.57 Å². The van der Waals surface area contributed by atoms with Crippen molar-refractivity contribution in [2.75, 3.05) is 0 Å². The summed E-state index contributed by atoms with van der Waals surface area (Å²) in [5, 5.41) is 13.7. The third kappa shape index (κ3) is 2.57. The SMILES string of the molecule is c1ccc(-c2nc(-n3c4cccc5c6cccc7c8cccc9c%10ccc3c(c54)c%10n(c67)c89)nc3ccc4ccccc4c23)cc1. The number of benzene rings is 7. The Kier molecular flexibility index (Phi) is 3.96. The van der Waals surface area contributed by atoms with E-state index in [1.165, 1.54) is 65.0 Å². The number of para-hydroxylation sites is 2. The molecule has 0 spiro atoms. The first-order valence-corrected chi connectivity index (χ1v) is 15.8. The van der Waals surface area contributed by atoms with Crippen LogP contribution in [-0.4, -0.2) is 18.9 Å². The van der Waals surface area contributed by atoms with Gasteiger partial charge < -0.3 is 4.40 Å². The Hall–Kier alpha value is -6.26. The second-order valence-electron chi connectivity index (χ2n) is 12.5. The van der Waals surface area contributed by atoms with E-state index in [0.29, 0.717) is 5.95 Å². The molecule has 0 saturated carbocycles. The van der Waals surface area contributed by atoms with Crippen LogP contribution in [0.4, 0.5) is 0 Å². The Bertz CT molecular complexity index is 3180. The molecule has 0 aliphatic rings. The van der Waals surface area contributed by atoms with Crippen molar-refractivity contribution in [2.24, 2.45) is 0 Å². The molecule has 46 heavy (non-hydrogen) atoms. The van der Waals surface area contributed by atoms with Crippen LogP contribution in [0.1, 0.15) is 0 Å². The first-order chi connectivity index (χ1) is 22.8. The van der Waals surface area contributed by atoms with E-state index in [2.05, 4.69) is 142 Å². The van der Waals surface area contributed by atoms with Gasteiger partial charge in [-0.2, -0.15) is 0 Å². The van der Waals surface area contributed by atoms with Crippen molar-refractivity contribution in [3.05, 3.63) is 133 Å². The summed E-state index contributed by atoms with van der Waals surface area (Å²) in [6, 6.07) is 48.2. The van der Waals surface area contributed by atoms with Crippen LogP contribution >= 0.6 is 0 Å². The molecule has 7 aromatic carbocycles.